The lowest BCUT2D eigenvalue weighted by molar-refractivity contribution is 0.174. The average molecular weight is 363 g/mol. The number of para-hydroxylation sites is 2. The van der Waals surface area contributed by atoms with Gasteiger partial charge in [-0.15, -0.1) is 0 Å². The van der Waals surface area contributed by atoms with Crippen LogP contribution in [-0.2, 0) is 0 Å². The number of fused-ring (bicyclic) bond motifs is 1. The molecule has 2 aromatic carbocycles. The first-order valence-corrected chi connectivity index (χ1v) is 9.58. The van der Waals surface area contributed by atoms with Crippen LogP contribution in [0.15, 0.2) is 52.9 Å². The molecule has 1 unspecified atom stereocenters. The van der Waals surface area contributed by atoms with Crippen LogP contribution in [0.5, 0.6) is 0 Å². The molecular weight excluding hydrogens is 338 g/mol. The number of benzene rings is 2. The SMILES string of the molecule is Cc1ccccc1C(C)NC(=O)N1CCC(c2nc3ccccc3o2)CC1. The minimum Gasteiger partial charge on any atom is -0.440 e. The van der Waals surface area contributed by atoms with Gasteiger partial charge in [0.1, 0.15) is 5.52 Å². The predicted octanol–water partition coefficient (Wildman–Crippen LogP) is 4.79. The number of urea groups is 1. The zero-order valence-electron chi connectivity index (χ0n) is 15.8. The van der Waals surface area contributed by atoms with Gasteiger partial charge in [0.2, 0.25) is 0 Å². The van der Waals surface area contributed by atoms with Crippen LogP contribution in [0.25, 0.3) is 11.1 Å². The number of nitrogens with zero attached hydrogens (tertiary/aromatic N) is 2. The van der Waals surface area contributed by atoms with Gasteiger partial charge >= 0.3 is 6.03 Å². The Hall–Kier alpha value is -2.82. The summed E-state index contributed by atoms with van der Waals surface area (Å²) < 4.78 is 5.91. The van der Waals surface area contributed by atoms with Crippen molar-refractivity contribution in [3.8, 4) is 0 Å². The molecule has 0 aliphatic carbocycles. The van der Waals surface area contributed by atoms with Crippen LogP contribution >= 0.6 is 0 Å². The number of aryl methyl sites for hydroxylation is 1. The lowest BCUT2D eigenvalue weighted by Gasteiger charge is -2.32. The monoisotopic (exact) mass is 363 g/mol. The van der Waals surface area contributed by atoms with Crippen molar-refractivity contribution in [2.24, 2.45) is 0 Å². The fourth-order valence-corrected chi connectivity index (χ4v) is 3.82. The minimum atomic E-state index is -0.00605. The van der Waals surface area contributed by atoms with Crippen molar-refractivity contribution in [2.75, 3.05) is 13.1 Å². The zero-order valence-corrected chi connectivity index (χ0v) is 15.8. The summed E-state index contributed by atoms with van der Waals surface area (Å²) in [6.45, 7) is 5.54. The van der Waals surface area contributed by atoms with Crippen molar-refractivity contribution < 1.29 is 9.21 Å². The summed E-state index contributed by atoms with van der Waals surface area (Å²) in [6, 6.07) is 16.0. The standard InChI is InChI=1S/C22H25N3O2/c1-15-7-3-4-8-18(15)16(2)23-22(26)25-13-11-17(12-14-25)21-24-19-9-5-6-10-20(19)27-21/h3-10,16-17H,11-14H2,1-2H3,(H,23,26). The number of amides is 2. The van der Waals surface area contributed by atoms with Crippen molar-refractivity contribution >= 4 is 17.1 Å². The van der Waals surface area contributed by atoms with E-state index in [0.29, 0.717) is 0 Å². The maximum Gasteiger partial charge on any atom is 0.317 e. The number of hydrogen-bond acceptors (Lipinski definition) is 3. The molecule has 0 radical (unpaired) electrons. The first-order chi connectivity index (χ1) is 13.1. The van der Waals surface area contributed by atoms with E-state index in [2.05, 4.69) is 29.4 Å². The van der Waals surface area contributed by atoms with Gasteiger partial charge in [0.25, 0.3) is 0 Å². The lowest BCUT2D eigenvalue weighted by atomic mass is 9.97. The van der Waals surface area contributed by atoms with E-state index in [4.69, 9.17) is 4.42 Å². The largest absolute Gasteiger partial charge is 0.440 e. The van der Waals surface area contributed by atoms with Gasteiger partial charge in [-0.1, -0.05) is 36.4 Å². The molecule has 1 atom stereocenters. The summed E-state index contributed by atoms with van der Waals surface area (Å²) in [5, 5.41) is 3.13. The molecule has 1 N–H and O–H groups in total. The Balaban J connectivity index is 1.36. The van der Waals surface area contributed by atoms with E-state index in [1.807, 2.05) is 48.2 Å². The lowest BCUT2D eigenvalue weighted by Crippen LogP contribution is -2.44. The maximum atomic E-state index is 12.7. The summed E-state index contributed by atoms with van der Waals surface area (Å²) in [5.74, 6) is 1.07. The van der Waals surface area contributed by atoms with Crippen molar-refractivity contribution in [3.63, 3.8) is 0 Å². The van der Waals surface area contributed by atoms with Crippen LogP contribution < -0.4 is 5.32 Å². The number of rotatable bonds is 3. The van der Waals surface area contributed by atoms with Gasteiger partial charge in [0.15, 0.2) is 11.5 Å². The summed E-state index contributed by atoms with van der Waals surface area (Å²) >= 11 is 0. The van der Waals surface area contributed by atoms with Crippen LogP contribution in [0.2, 0.25) is 0 Å². The van der Waals surface area contributed by atoms with Gasteiger partial charge < -0.3 is 14.6 Å². The van der Waals surface area contributed by atoms with E-state index >= 15 is 0 Å². The van der Waals surface area contributed by atoms with Crippen molar-refractivity contribution in [1.82, 2.24) is 15.2 Å². The third-order valence-corrected chi connectivity index (χ3v) is 5.44. The van der Waals surface area contributed by atoms with Gasteiger partial charge in [-0.3, -0.25) is 0 Å². The molecular formula is C22H25N3O2. The van der Waals surface area contributed by atoms with Crippen LogP contribution in [-0.4, -0.2) is 29.0 Å². The highest BCUT2D eigenvalue weighted by Crippen LogP contribution is 2.30. The number of aromatic nitrogens is 1. The number of carbonyl (C=O) groups excluding carboxylic acids is 1. The molecule has 140 valence electrons. The van der Waals surface area contributed by atoms with Crippen LogP contribution in [0.4, 0.5) is 4.79 Å². The molecule has 5 heteroatoms. The Morgan fingerprint density at radius 3 is 2.59 bits per heavy atom. The molecule has 2 amide bonds. The number of carbonyl (C=O) groups is 1. The third-order valence-electron chi connectivity index (χ3n) is 5.44. The second-order valence-corrected chi connectivity index (χ2v) is 7.31. The quantitative estimate of drug-likeness (QED) is 0.728. The molecule has 0 bridgehead atoms. The molecule has 1 aromatic heterocycles. The number of hydrogen-bond donors (Lipinski definition) is 1. The van der Waals surface area contributed by atoms with Crippen molar-refractivity contribution in [1.29, 1.82) is 0 Å². The van der Waals surface area contributed by atoms with E-state index in [-0.39, 0.29) is 18.0 Å². The number of nitrogens with one attached hydrogen (secondary N) is 1. The van der Waals surface area contributed by atoms with Gasteiger partial charge in [-0.25, -0.2) is 9.78 Å². The fraction of sp³-hybridized carbons (Fsp3) is 0.364. The predicted molar refractivity (Wildman–Crippen MR) is 106 cm³/mol. The average Bonchev–Trinajstić information content (AvgIpc) is 3.12. The smallest absolute Gasteiger partial charge is 0.317 e. The highest BCUT2D eigenvalue weighted by atomic mass is 16.3. The maximum absolute atomic E-state index is 12.7. The number of piperidine rings is 1. The molecule has 2 heterocycles. The summed E-state index contributed by atoms with van der Waals surface area (Å²) in [5.41, 5.74) is 4.09. The first-order valence-electron chi connectivity index (χ1n) is 9.58. The molecule has 0 spiro atoms. The Labute approximate surface area is 159 Å². The van der Waals surface area contributed by atoms with E-state index in [0.717, 1.165) is 48.5 Å². The van der Waals surface area contributed by atoms with Crippen molar-refractivity contribution in [2.45, 2.75) is 38.6 Å². The Bertz CT molecular complexity index is 908. The van der Waals surface area contributed by atoms with Gasteiger partial charge in [0.05, 0.1) is 6.04 Å². The van der Waals surface area contributed by atoms with Crippen LogP contribution in [0, 0.1) is 6.92 Å². The Kier molecular flexibility index (Phi) is 4.84. The minimum absolute atomic E-state index is 0.00164. The molecule has 5 nitrogen and oxygen atoms in total. The van der Waals surface area contributed by atoms with E-state index in [9.17, 15) is 4.79 Å². The molecule has 4 rings (SSSR count). The van der Waals surface area contributed by atoms with Gasteiger partial charge in [0, 0.05) is 19.0 Å². The topological polar surface area (TPSA) is 58.4 Å². The molecule has 1 aliphatic rings. The second-order valence-electron chi connectivity index (χ2n) is 7.31. The Morgan fingerprint density at radius 1 is 1.15 bits per heavy atom. The summed E-state index contributed by atoms with van der Waals surface area (Å²) in [6.07, 6.45) is 1.75. The first kappa shape index (κ1) is 17.6. The van der Waals surface area contributed by atoms with Crippen LogP contribution in [0.3, 0.4) is 0 Å². The molecule has 3 aromatic rings. The fourth-order valence-electron chi connectivity index (χ4n) is 3.82. The highest BCUT2D eigenvalue weighted by molar-refractivity contribution is 5.75. The van der Waals surface area contributed by atoms with Crippen molar-refractivity contribution in [3.05, 3.63) is 65.5 Å². The zero-order chi connectivity index (χ0) is 18.8. The van der Waals surface area contributed by atoms with E-state index in [1.165, 1.54) is 5.56 Å². The van der Waals surface area contributed by atoms with Crippen LogP contribution in [0.1, 0.15) is 48.7 Å². The normalized spacial score (nSPS) is 16.4. The van der Waals surface area contributed by atoms with Gasteiger partial charge in [-0.05, 0) is 49.9 Å². The highest BCUT2D eigenvalue weighted by Gasteiger charge is 2.27. The number of likely N-dealkylation sites (tertiary alicyclic amines) is 1. The summed E-state index contributed by atoms with van der Waals surface area (Å²) in [7, 11) is 0. The third kappa shape index (κ3) is 3.68. The van der Waals surface area contributed by atoms with Gasteiger partial charge in [-0.2, -0.15) is 0 Å². The second kappa shape index (κ2) is 7.43. The summed E-state index contributed by atoms with van der Waals surface area (Å²) in [4.78, 5) is 19.2. The van der Waals surface area contributed by atoms with E-state index in [1.54, 1.807) is 0 Å². The molecule has 27 heavy (non-hydrogen) atoms. The molecule has 1 aliphatic heterocycles. The number of oxazole rings is 1. The molecule has 0 saturated carbocycles. The molecule has 1 saturated heterocycles. The Morgan fingerprint density at radius 2 is 1.85 bits per heavy atom. The molecule has 1 fully saturated rings. The van der Waals surface area contributed by atoms with E-state index < -0.39 is 0 Å².